The van der Waals surface area contributed by atoms with E-state index in [1.165, 1.54) is 44.0 Å². The number of piperidine rings is 1. The lowest BCUT2D eigenvalue weighted by Gasteiger charge is -2.26. The Bertz CT molecular complexity index is 1340. The summed E-state index contributed by atoms with van der Waals surface area (Å²) in [7, 11) is 0. The molecule has 2 aromatic heterocycles. The van der Waals surface area contributed by atoms with Gasteiger partial charge in [0.25, 0.3) is 0 Å². The Labute approximate surface area is 215 Å². The van der Waals surface area contributed by atoms with E-state index in [4.69, 9.17) is 4.74 Å². The van der Waals surface area contributed by atoms with Crippen molar-refractivity contribution in [3.05, 3.63) is 85.1 Å². The first-order chi connectivity index (χ1) is 17.7. The van der Waals surface area contributed by atoms with Gasteiger partial charge >= 0.3 is 0 Å². The summed E-state index contributed by atoms with van der Waals surface area (Å²) in [5.74, 6) is 0.853. The average Bonchev–Trinajstić information content (AvgIpc) is 3.32. The Kier molecular flexibility index (Phi) is 7.59. The number of fused-ring (bicyclic) bond motifs is 1. The number of rotatable bonds is 9. The molecule has 184 valence electrons. The van der Waals surface area contributed by atoms with Crippen molar-refractivity contribution < 1.29 is 9.53 Å². The van der Waals surface area contributed by atoms with E-state index >= 15 is 0 Å². The first-order valence-electron chi connectivity index (χ1n) is 12.3. The van der Waals surface area contributed by atoms with Crippen molar-refractivity contribution >= 4 is 43.7 Å². The number of nitrogens with one attached hydrogen (secondary N) is 2. The molecule has 0 aliphatic carbocycles. The van der Waals surface area contributed by atoms with Gasteiger partial charge in [0.15, 0.2) is 0 Å². The molecule has 6 nitrogen and oxygen atoms in total. The zero-order valence-electron chi connectivity index (χ0n) is 20.2. The molecule has 5 rings (SSSR count). The summed E-state index contributed by atoms with van der Waals surface area (Å²) in [5.41, 5.74) is 3.06. The Morgan fingerprint density at radius 2 is 1.89 bits per heavy atom. The SMILES string of the molecule is C=CC(=O)Nc1cccc(Oc2nccc3sc(Nc4ccc(CCN5CCCCC5)cc4)cc23)c1. The van der Waals surface area contributed by atoms with Gasteiger partial charge < -0.3 is 20.3 Å². The topological polar surface area (TPSA) is 66.5 Å². The molecule has 0 bridgehead atoms. The fourth-order valence-electron chi connectivity index (χ4n) is 4.39. The molecule has 0 radical (unpaired) electrons. The molecule has 1 amide bonds. The number of hydrogen-bond donors (Lipinski definition) is 2. The number of benzene rings is 2. The van der Waals surface area contributed by atoms with Crippen LogP contribution in [0, 0.1) is 0 Å². The number of anilines is 3. The maximum absolute atomic E-state index is 11.6. The molecule has 0 spiro atoms. The van der Waals surface area contributed by atoms with Gasteiger partial charge in [0.2, 0.25) is 11.8 Å². The lowest BCUT2D eigenvalue weighted by Crippen LogP contribution is -2.31. The van der Waals surface area contributed by atoms with Gasteiger partial charge in [-0.1, -0.05) is 31.2 Å². The van der Waals surface area contributed by atoms with Crippen molar-refractivity contribution in [1.82, 2.24) is 9.88 Å². The van der Waals surface area contributed by atoms with Crippen LogP contribution in [-0.2, 0) is 11.2 Å². The smallest absolute Gasteiger partial charge is 0.247 e. The van der Waals surface area contributed by atoms with E-state index in [-0.39, 0.29) is 5.91 Å². The van der Waals surface area contributed by atoms with Crippen molar-refractivity contribution in [3.8, 4) is 11.6 Å². The van der Waals surface area contributed by atoms with Gasteiger partial charge in [-0.2, -0.15) is 0 Å². The Morgan fingerprint density at radius 1 is 1.06 bits per heavy atom. The number of carbonyl (C=O) groups is 1. The summed E-state index contributed by atoms with van der Waals surface area (Å²) < 4.78 is 7.17. The highest BCUT2D eigenvalue weighted by atomic mass is 32.1. The van der Waals surface area contributed by atoms with E-state index in [1.807, 2.05) is 18.2 Å². The van der Waals surface area contributed by atoms with Crippen LogP contribution in [0.1, 0.15) is 24.8 Å². The second-order valence-corrected chi connectivity index (χ2v) is 10.0. The number of amides is 1. The molecule has 4 aromatic rings. The van der Waals surface area contributed by atoms with Gasteiger partial charge in [0.1, 0.15) is 5.75 Å². The minimum absolute atomic E-state index is 0.268. The quantitative estimate of drug-likeness (QED) is 0.244. The van der Waals surface area contributed by atoms with E-state index in [2.05, 4.69) is 57.4 Å². The molecule has 36 heavy (non-hydrogen) atoms. The minimum Gasteiger partial charge on any atom is -0.438 e. The van der Waals surface area contributed by atoms with E-state index in [9.17, 15) is 4.79 Å². The molecular formula is C29H30N4O2S. The molecule has 2 aromatic carbocycles. The normalized spacial score (nSPS) is 13.9. The van der Waals surface area contributed by atoms with Crippen LogP contribution < -0.4 is 15.4 Å². The lowest BCUT2D eigenvalue weighted by atomic mass is 10.1. The molecule has 1 aliphatic rings. The van der Waals surface area contributed by atoms with Crippen molar-refractivity contribution in [2.45, 2.75) is 25.7 Å². The van der Waals surface area contributed by atoms with Crippen LogP contribution in [0.2, 0.25) is 0 Å². The Balaban J connectivity index is 1.25. The summed E-state index contributed by atoms with van der Waals surface area (Å²) in [6, 6.07) is 20.0. The van der Waals surface area contributed by atoms with Crippen LogP contribution in [0.15, 0.2) is 79.5 Å². The maximum atomic E-state index is 11.6. The summed E-state index contributed by atoms with van der Waals surface area (Å²) >= 11 is 1.66. The van der Waals surface area contributed by atoms with Crippen molar-refractivity contribution in [2.75, 3.05) is 30.3 Å². The summed E-state index contributed by atoms with van der Waals surface area (Å²) in [5, 5.41) is 8.23. The number of thiophene rings is 1. The number of hydrogen-bond acceptors (Lipinski definition) is 6. The highest BCUT2D eigenvalue weighted by molar-refractivity contribution is 7.22. The second kappa shape index (κ2) is 11.4. The van der Waals surface area contributed by atoms with E-state index in [1.54, 1.807) is 29.7 Å². The van der Waals surface area contributed by atoms with E-state index in [0.717, 1.165) is 33.7 Å². The monoisotopic (exact) mass is 498 g/mol. The number of carbonyl (C=O) groups excluding carboxylic acids is 1. The van der Waals surface area contributed by atoms with Crippen LogP contribution in [0.5, 0.6) is 11.6 Å². The van der Waals surface area contributed by atoms with Crippen LogP contribution in [0.25, 0.3) is 10.1 Å². The van der Waals surface area contributed by atoms with E-state index in [0.29, 0.717) is 17.3 Å². The second-order valence-electron chi connectivity index (χ2n) is 8.94. The molecule has 7 heteroatoms. The molecule has 0 saturated carbocycles. The third kappa shape index (κ3) is 6.11. The maximum Gasteiger partial charge on any atom is 0.247 e. The van der Waals surface area contributed by atoms with Crippen molar-refractivity contribution in [3.63, 3.8) is 0 Å². The number of nitrogens with zero attached hydrogens (tertiary/aromatic N) is 2. The molecular weight excluding hydrogens is 468 g/mol. The summed E-state index contributed by atoms with van der Waals surface area (Å²) in [4.78, 5) is 18.6. The van der Waals surface area contributed by atoms with Crippen LogP contribution in [-0.4, -0.2) is 35.4 Å². The first-order valence-corrected chi connectivity index (χ1v) is 13.2. The van der Waals surface area contributed by atoms with Gasteiger partial charge in [-0.05, 0) is 80.4 Å². The van der Waals surface area contributed by atoms with Crippen molar-refractivity contribution in [1.29, 1.82) is 0 Å². The summed E-state index contributed by atoms with van der Waals surface area (Å²) in [6.07, 6.45) is 8.12. The Hall–Kier alpha value is -3.68. The standard InChI is InChI=1S/C29H30N4O2S/c1-2-27(34)31-23-7-6-8-24(19-23)35-29-25-20-28(36-26(25)13-15-30-29)32-22-11-9-21(10-12-22)14-18-33-16-4-3-5-17-33/h2,6-13,15,19-20,32H,1,3-5,14,16-18H2,(H,31,34). The van der Waals surface area contributed by atoms with Crippen molar-refractivity contribution in [2.24, 2.45) is 0 Å². The van der Waals surface area contributed by atoms with Gasteiger partial charge in [-0.25, -0.2) is 4.98 Å². The Morgan fingerprint density at radius 3 is 2.69 bits per heavy atom. The minimum atomic E-state index is -0.268. The molecule has 3 heterocycles. The number of pyridine rings is 1. The van der Waals surface area contributed by atoms with Gasteiger partial charge in [0.05, 0.1) is 10.4 Å². The zero-order chi connectivity index (χ0) is 24.7. The molecule has 2 N–H and O–H groups in total. The molecule has 0 unspecified atom stereocenters. The number of aromatic nitrogens is 1. The molecule has 1 aliphatic heterocycles. The van der Waals surface area contributed by atoms with Gasteiger partial charge in [-0.3, -0.25) is 4.79 Å². The highest BCUT2D eigenvalue weighted by Crippen LogP contribution is 2.37. The third-order valence-electron chi connectivity index (χ3n) is 6.30. The first kappa shape index (κ1) is 24.0. The number of ether oxygens (including phenoxy) is 1. The fraction of sp³-hybridized carbons (Fsp3) is 0.241. The lowest BCUT2D eigenvalue weighted by molar-refractivity contribution is -0.111. The third-order valence-corrected chi connectivity index (χ3v) is 7.31. The summed E-state index contributed by atoms with van der Waals surface area (Å²) in [6.45, 7) is 7.10. The zero-order valence-corrected chi connectivity index (χ0v) is 21.0. The largest absolute Gasteiger partial charge is 0.438 e. The molecule has 1 saturated heterocycles. The molecule has 1 fully saturated rings. The van der Waals surface area contributed by atoms with Crippen LogP contribution in [0.3, 0.4) is 0 Å². The average molecular weight is 499 g/mol. The van der Waals surface area contributed by atoms with Gasteiger partial charge in [0, 0.05) is 34.9 Å². The predicted octanol–water partition coefficient (Wildman–Crippen LogP) is 6.99. The van der Waals surface area contributed by atoms with E-state index < -0.39 is 0 Å². The fourth-order valence-corrected chi connectivity index (χ4v) is 5.36. The highest BCUT2D eigenvalue weighted by Gasteiger charge is 2.12. The number of likely N-dealkylation sites (tertiary alicyclic amines) is 1. The molecule has 0 atom stereocenters. The van der Waals surface area contributed by atoms with Gasteiger partial charge in [-0.15, -0.1) is 11.3 Å². The van der Waals surface area contributed by atoms with Crippen LogP contribution in [0.4, 0.5) is 16.4 Å². The van der Waals surface area contributed by atoms with Crippen LogP contribution >= 0.6 is 11.3 Å². The predicted molar refractivity (Wildman–Crippen MR) is 149 cm³/mol.